The first-order chi connectivity index (χ1) is 12.8. The van der Waals surface area contributed by atoms with Gasteiger partial charge in [-0.25, -0.2) is 0 Å². The second-order valence-electron chi connectivity index (χ2n) is 7.77. The van der Waals surface area contributed by atoms with Crippen molar-refractivity contribution in [3.05, 3.63) is 30.3 Å². The summed E-state index contributed by atoms with van der Waals surface area (Å²) in [5.41, 5.74) is -1.50. The lowest BCUT2D eigenvalue weighted by Gasteiger charge is -2.50. The van der Waals surface area contributed by atoms with E-state index in [1.54, 1.807) is 11.8 Å². The molecule has 2 heterocycles. The van der Waals surface area contributed by atoms with Crippen LogP contribution >= 0.6 is 0 Å². The number of amides is 2. The molecule has 1 spiro atoms. The van der Waals surface area contributed by atoms with Crippen LogP contribution in [-0.4, -0.2) is 65.4 Å². The molecule has 0 saturated carbocycles. The van der Waals surface area contributed by atoms with Crippen molar-refractivity contribution in [1.29, 1.82) is 0 Å². The molecule has 2 N–H and O–H groups in total. The lowest BCUT2D eigenvalue weighted by molar-refractivity contribution is -0.194. The van der Waals surface area contributed by atoms with Crippen molar-refractivity contribution >= 4 is 11.8 Å². The Morgan fingerprint density at radius 1 is 1.30 bits per heavy atom. The highest BCUT2D eigenvalue weighted by Gasteiger charge is 2.49. The second kappa shape index (κ2) is 7.86. The van der Waals surface area contributed by atoms with Crippen LogP contribution in [0.25, 0.3) is 0 Å². The molecule has 7 heteroatoms. The van der Waals surface area contributed by atoms with E-state index in [0.717, 1.165) is 0 Å². The number of nitrogens with one attached hydrogen (secondary N) is 1. The Balaban J connectivity index is 1.53. The summed E-state index contributed by atoms with van der Waals surface area (Å²) in [4.78, 5) is 25.7. The lowest BCUT2D eigenvalue weighted by Crippen LogP contribution is -2.64. The number of carbonyl (C=O) groups excluding carboxylic acids is 2. The summed E-state index contributed by atoms with van der Waals surface area (Å²) in [6, 6.07) is 8.92. The number of piperidine rings is 1. The van der Waals surface area contributed by atoms with Crippen molar-refractivity contribution in [2.45, 2.75) is 50.4 Å². The summed E-state index contributed by atoms with van der Waals surface area (Å²) < 4.78 is 11.6. The van der Waals surface area contributed by atoms with Crippen molar-refractivity contribution in [3.63, 3.8) is 0 Å². The van der Waals surface area contributed by atoms with E-state index < -0.39 is 11.2 Å². The maximum Gasteiger partial charge on any atom is 0.260 e. The molecule has 7 nitrogen and oxygen atoms in total. The van der Waals surface area contributed by atoms with Crippen LogP contribution in [-0.2, 0) is 14.3 Å². The molecule has 0 unspecified atom stereocenters. The van der Waals surface area contributed by atoms with Crippen molar-refractivity contribution < 1.29 is 24.2 Å². The number of para-hydroxylation sites is 1. The molecule has 0 aromatic heterocycles. The van der Waals surface area contributed by atoms with E-state index in [2.05, 4.69) is 5.32 Å². The number of carbonyl (C=O) groups is 2. The van der Waals surface area contributed by atoms with Crippen LogP contribution < -0.4 is 10.1 Å². The molecular weight excluding hydrogens is 348 g/mol. The van der Waals surface area contributed by atoms with Crippen molar-refractivity contribution in [2.75, 3.05) is 26.3 Å². The van der Waals surface area contributed by atoms with E-state index in [9.17, 15) is 14.7 Å². The topological polar surface area (TPSA) is 88.1 Å². The summed E-state index contributed by atoms with van der Waals surface area (Å²) in [6.07, 6.45) is 1.90. The molecule has 1 aromatic rings. The number of benzene rings is 1. The lowest BCUT2D eigenvalue weighted by atomic mass is 9.77. The van der Waals surface area contributed by atoms with Crippen molar-refractivity contribution in [1.82, 2.24) is 10.2 Å². The van der Waals surface area contributed by atoms with Gasteiger partial charge in [-0.2, -0.15) is 0 Å². The zero-order valence-corrected chi connectivity index (χ0v) is 15.9. The zero-order chi connectivity index (χ0) is 19.5. The Morgan fingerprint density at radius 2 is 1.96 bits per heavy atom. The highest BCUT2D eigenvalue weighted by molar-refractivity contribution is 5.78. The molecule has 2 aliphatic heterocycles. The molecule has 0 radical (unpaired) electrons. The average molecular weight is 376 g/mol. The van der Waals surface area contributed by atoms with E-state index in [-0.39, 0.29) is 31.1 Å². The molecule has 148 valence electrons. The Kier molecular flexibility index (Phi) is 5.72. The highest BCUT2D eigenvalue weighted by Crippen LogP contribution is 2.38. The van der Waals surface area contributed by atoms with Crippen LogP contribution in [0.4, 0.5) is 0 Å². The van der Waals surface area contributed by atoms with Gasteiger partial charge >= 0.3 is 0 Å². The number of rotatable bonds is 4. The first kappa shape index (κ1) is 19.6. The molecule has 2 aliphatic rings. The normalized spacial score (nSPS) is 27.2. The number of nitrogens with zero attached hydrogens (tertiary/aromatic N) is 1. The molecule has 2 fully saturated rings. The minimum absolute atomic E-state index is 0.0150. The number of likely N-dealkylation sites (tertiary alicyclic amines) is 1. The molecule has 0 bridgehead atoms. The third-order valence-corrected chi connectivity index (χ3v) is 5.51. The maximum absolute atomic E-state index is 12.4. The quantitative estimate of drug-likeness (QED) is 0.822. The van der Waals surface area contributed by atoms with Gasteiger partial charge in [0, 0.05) is 20.0 Å². The molecule has 2 atom stereocenters. The molecule has 0 aliphatic carbocycles. The molecule has 2 saturated heterocycles. The van der Waals surface area contributed by atoms with Crippen LogP contribution in [0.15, 0.2) is 30.3 Å². The van der Waals surface area contributed by atoms with E-state index in [1.165, 1.54) is 6.92 Å². The minimum Gasteiger partial charge on any atom is -0.484 e. The molecule has 2 amide bonds. The van der Waals surface area contributed by atoms with E-state index >= 15 is 0 Å². The summed E-state index contributed by atoms with van der Waals surface area (Å²) in [5.74, 6) is 0.466. The number of aliphatic hydroxyl groups is 1. The third kappa shape index (κ3) is 4.78. The second-order valence-corrected chi connectivity index (χ2v) is 7.77. The summed E-state index contributed by atoms with van der Waals surface area (Å²) in [6.45, 7) is 4.47. The predicted molar refractivity (Wildman–Crippen MR) is 99.3 cm³/mol. The fraction of sp³-hybridized carbons (Fsp3) is 0.600. The largest absolute Gasteiger partial charge is 0.484 e. The molecule has 1 aromatic carbocycles. The van der Waals surface area contributed by atoms with Crippen LogP contribution in [0.2, 0.25) is 0 Å². The van der Waals surface area contributed by atoms with Gasteiger partial charge < -0.3 is 24.8 Å². The first-order valence-corrected chi connectivity index (χ1v) is 9.39. The Hall–Kier alpha value is -2.12. The van der Waals surface area contributed by atoms with Gasteiger partial charge in [-0.3, -0.25) is 9.59 Å². The Bertz CT molecular complexity index is 668. The van der Waals surface area contributed by atoms with E-state index in [4.69, 9.17) is 9.47 Å². The van der Waals surface area contributed by atoms with Crippen molar-refractivity contribution in [2.24, 2.45) is 0 Å². The van der Waals surface area contributed by atoms with Crippen LogP contribution in [0.3, 0.4) is 0 Å². The zero-order valence-electron chi connectivity index (χ0n) is 15.9. The number of ether oxygens (including phenoxy) is 2. The van der Waals surface area contributed by atoms with Gasteiger partial charge in [0.05, 0.1) is 18.2 Å². The van der Waals surface area contributed by atoms with Gasteiger partial charge in [0.1, 0.15) is 11.4 Å². The van der Waals surface area contributed by atoms with Gasteiger partial charge in [-0.05, 0) is 38.3 Å². The van der Waals surface area contributed by atoms with Crippen LogP contribution in [0, 0.1) is 0 Å². The fourth-order valence-corrected chi connectivity index (χ4v) is 3.77. The Labute approximate surface area is 159 Å². The van der Waals surface area contributed by atoms with Crippen LogP contribution in [0.5, 0.6) is 5.75 Å². The first-order valence-electron chi connectivity index (χ1n) is 9.39. The number of hydrogen-bond acceptors (Lipinski definition) is 5. The maximum atomic E-state index is 12.4. The Morgan fingerprint density at radius 3 is 2.59 bits per heavy atom. The summed E-state index contributed by atoms with van der Waals surface area (Å²) in [7, 11) is 0. The monoisotopic (exact) mass is 376 g/mol. The van der Waals surface area contributed by atoms with Gasteiger partial charge in [0.2, 0.25) is 5.91 Å². The molecular formula is C20H28N2O5. The predicted octanol–water partition coefficient (Wildman–Crippen LogP) is 1.10. The minimum atomic E-state index is -1.09. The van der Waals surface area contributed by atoms with Gasteiger partial charge in [-0.15, -0.1) is 0 Å². The molecule has 3 rings (SSSR count). The van der Waals surface area contributed by atoms with E-state index in [1.807, 2.05) is 30.3 Å². The summed E-state index contributed by atoms with van der Waals surface area (Å²) in [5, 5.41) is 13.3. The SMILES string of the molecule is CC(=O)N[C@H]1CC2(CCN(C(=O)COc3ccccc3)CC2)OC[C@]1(C)O. The standard InChI is InChI=1S/C20H28N2O5/c1-15(23)21-17-12-20(27-14-19(17,2)25)8-10-22(11-9-20)18(24)13-26-16-6-4-3-5-7-16/h3-7,17,25H,8-14H2,1-2H3,(H,21,23)/t17-,19-/m0/s1. The third-order valence-electron chi connectivity index (χ3n) is 5.51. The summed E-state index contributed by atoms with van der Waals surface area (Å²) >= 11 is 0. The van der Waals surface area contributed by atoms with Gasteiger partial charge in [-0.1, -0.05) is 18.2 Å². The number of hydrogen-bond donors (Lipinski definition) is 2. The smallest absolute Gasteiger partial charge is 0.260 e. The fourth-order valence-electron chi connectivity index (χ4n) is 3.77. The van der Waals surface area contributed by atoms with Gasteiger partial charge in [0.25, 0.3) is 5.91 Å². The van der Waals surface area contributed by atoms with Crippen molar-refractivity contribution in [3.8, 4) is 5.75 Å². The van der Waals surface area contributed by atoms with Crippen LogP contribution in [0.1, 0.15) is 33.1 Å². The highest BCUT2D eigenvalue weighted by atomic mass is 16.5. The molecule has 27 heavy (non-hydrogen) atoms. The van der Waals surface area contributed by atoms with E-state index in [0.29, 0.717) is 38.1 Å². The average Bonchev–Trinajstić information content (AvgIpc) is 2.64. The van der Waals surface area contributed by atoms with Gasteiger partial charge in [0.15, 0.2) is 6.61 Å².